The Morgan fingerprint density at radius 1 is 1.31 bits per heavy atom. The SMILES string of the molecule is CCOC(=O)C(CC)OS(=O)(=O)C(F)(F)F. The van der Waals surface area contributed by atoms with Crippen LogP contribution in [0.4, 0.5) is 13.2 Å². The van der Waals surface area contributed by atoms with Gasteiger partial charge in [-0.15, -0.1) is 0 Å². The molecule has 0 bridgehead atoms. The van der Waals surface area contributed by atoms with Crippen LogP contribution in [-0.4, -0.2) is 32.6 Å². The summed E-state index contributed by atoms with van der Waals surface area (Å²) in [4.78, 5) is 11.0. The van der Waals surface area contributed by atoms with Crippen molar-refractivity contribution < 1.29 is 35.3 Å². The Labute approximate surface area is 90.6 Å². The first-order valence-electron chi connectivity index (χ1n) is 4.31. The first-order chi connectivity index (χ1) is 7.15. The average Bonchev–Trinajstić information content (AvgIpc) is 2.12. The molecule has 5 nitrogen and oxygen atoms in total. The quantitative estimate of drug-likeness (QED) is 0.424. The lowest BCUT2D eigenvalue weighted by Gasteiger charge is -2.15. The monoisotopic (exact) mass is 264 g/mol. The normalized spacial score (nSPS) is 14.6. The van der Waals surface area contributed by atoms with Crippen LogP contribution >= 0.6 is 0 Å². The molecule has 0 saturated heterocycles. The van der Waals surface area contributed by atoms with E-state index in [1.807, 2.05) is 0 Å². The molecule has 0 aliphatic heterocycles. The second kappa shape index (κ2) is 5.48. The van der Waals surface area contributed by atoms with E-state index in [-0.39, 0.29) is 13.0 Å². The van der Waals surface area contributed by atoms with E-state index in [9.17, 15) is 26.4 Å². The molecular weight excluding hydrogens is 253 g/mol. The van der Waals surface area contributed by atoms with Gasteiger partial charge in [0.05, 0.1) is 6.61 Å². The molecule has 0 rings (SSSR count). The van der Waals surface area contributed by atoms with Gasteiger partial charge in [-0.3, -0.25) is 0 Å². The third-order valence-corrected chi connectivity index (χ3v) is 2.50. The number of carbonyl (C=O) groups is 1. The van der Waals surface area contributed by atoms with Crippen LogP contribution in [0.3, 0.4) is 0 Å². The summed E-state index contributed by atoms with van der Waals surface area (Å²) >= 11 is 0. The molecule has 0 amide bonds. The highest BCUT2D eigenvalue weighted by Gasteiger charge is 2.49. The smallest absolute Gasteiger partial charge is 0.464 e. The third-order valence-electron chi connectivity index (χ3n) is 1.45. The van der Waals surface area contributed by atoms with Crippen molar-refractivity contribution in [1.82, 2.24) is 0 Å². The Balaban J connectivity index is 4.75. The van der Waals surface area contributed by atoms with Gasteiger partial charge in [-0.1, -0.05) is 6.92 Å². The van der Waals surface area contributed by atoms with E-state index < -0.39 is 27.7 Å². The summed E-state index contributed by atoms with van der Waals surface area (Å²) in [7, 11) is -5.77. The van der Waals surface area contributed by atoms with Crippen LogP contribution in [0.5, 0.6) is 0 Å². The topological polar surface area (TPSA) is 69.7 Å². The highest BCUT2D eigenvalue weighted by atomic mass is 32.2. The molecule has 1 atom stereocenters. The zero-order valence-corrected chi connectivity index (χ0v) is 9.39. The summed E-state index contributed by atoms with van der Waals surface area (Å²) < 4.78 is 65.0. The van der Waals surface area contributed by atoms with Crippen LogP contribution < -0.4 is 0 Å². The van der Waals surface area contributed by atoms with Crippen LogP contribution in [0.25, 0.3) is 0 Å². The fourth-order valence-corrected chi connectivity index (χ4v) is 1.35. The predicted octanol–water partition coefficient (Wildman–Crippen LogP) is 1.19. The lowest BCUT2D eigenvalue weighted by molar-refractivity contribution is -0.152. The van der Waals surface area contributed by atoms with Crippen molar-refractivity contribution in [2.75, 3.05) is 6.61 Å². The van der Waals surface area contributed by atoms with Gasteiger partial charge in [0.2, 0.25) is 0 Å². The molecule has 0 radical (unpaired) electrons. The van der Waals surface area contributed by atoms with E-state index >= 15 is 0 Å². The number of carbonyl (C=O) groups excluding carboxylic acids is 1. The first kappa shape index (κ1) is 15.2. The van der Waals surface area contributed by atoms with E-state index in [0.29, 0.717) is 0 Å². The second-order valence-corrected chi connectivity index (χ2v) is 4.21. The fourth-order valence-electron chi connectivity index (χ4n) is 0.717. The molecular formula is C7H11F3O5S. The van der Waals surface area contributed by atoms with E-state index in [1.165, 1.54) is 13.8 Å². The fraction of sp³-hybridized carbons (Fsp3) is 0.857. The Morgan fingerprint density at radius 3 is 2.12 bits per heavy atom. The Kier molecular flexibility index (Phi) is 5.20. The molecule has 0 aromatic heterocycles. The van der Waals surface area contributed by atoms with E-state index in [4.69, 9.17) is 0 Å². The second-order valence-electron chi connectivity index (χ2n) is 2.65. The number of rotatable bonds is 5. The van der Waals surface area contributed by atoms with Crippen LogP contribution in [0.2, 0.25) is 0 Å². The summed E-state index contributed by atoms with van der Waals surface area (Å²) in [5.74, 6) is -1.14. The van der Waals surface area contributed by atoms with Gasteiger partial charge in [0, 0.05) is 0 Å². The van der Waals surface area contributed by atoms with Gasteiger partial charge in [-0.2, -0.15) is 21.6 Å². The maximum Gasteiger partial charge on any atom is 0.523 e. The van der Waals surface area contributed by atoms with Crippen molar-refractivity contribution in [3.05, 3.63) is 0 Å². The average molecular weight is 264 g/mol. The van der Waals surface area contributed by atoms with Gasteiger partial charge in [-0.05, 0) is 13.3 Å². The zero-order chi connectivity index (χ0) is 13.0. The summed E-state index contributed by atoms with van der Waals surface area (Å²) in [6, 6.07) is 0. The number of halogens is 3. The van der Waals surface area contributed by atoms with Gasteiger partial charge in [-0.25, -0.2) is 8.98 Å². The zero-order valence-electron chi connectivity index (χ0n) is 8.57. The Bertz CT molecular complexity index is 334. The van der Waals surface area contributed by atoms with Gasteiger partial charge in [0.15, 0.2) is 6.10 Å². The van der Waals surface area contributed by atoms with Gasteiger partial charge >= 0.3 is 21.6 Å². The Hall–Kier alpha value is -0.830. The number of alkyl halides is 3. The standard InChI is InChI=1S/C7H11F3O5S/c1-3-5(6(11)14-4-2)15-16(12,13)7(8,9)10/h5H,3-4H2,1-2H3. The van der Waals surface area contributed by atoms with Crippen molar-refractivity contribution >= 4 is 16.1 Å². The van der Waals surface area contributed by atoms with Crippen molar-refractivity contribution in [2.24, 2.45) is 0 Å². The maximum absolute atomic E-state index is 11.9. The summed E-state index contributed by atoms with van der Waals surface area (Å²) in [5, 5.41) is 0. The number of ether oxygens (including phenoxy) is 1. The van der Waals surface area contributed by atoms with Crippen LogP contribution in [0.15, 0.2) is 0 Å². The molecule has 0 aliphatic carbocycles. The van der Waals surface area contributed by atoms with Gasteiger partial charge < -0.3 is 4.74 Å². The summed E-state index contributed by atoms with van der Waals surface area (Å²) in [6.45, 7) is 2.65. The van der Waals surface area contributed by atoms with Crippen molar-refractivity contribution in [2.45, 2.75) is 31.9 Å². The highest BCUT2D eigenvalue weighted by Crippen LogP contribution is 2.26. The van der Waals surface area contributed by atoms with Gasteiger partial charge in [0.1, 0.15) is 0 Å². The number of hydrogen-bond donors (Lipinski definition) is 0. The highest BCUT2D eigenvalue weighted by molar-refractivity contribution is 7.87. The molecule has 16 heavy (non-hydrogen) atoms. The summed E-state index contributed by atoms with van der Waals surface area (Å²) in [6.07, 6.45) is -2.01. The van der Waals surface area contributed by atoms with Crippen LogP contribution in [0.1, 0.15) is 20.3 Å². The Morgan fingerprint density at radius 2 is 1.81 bits per heavy atom. The molecule has 9 heteroatoms. The molecule has 0 N–H and O–H groups in total. The van der Waals surface area contributed by atoms with Gasteiger partial charge in [0.25, 0.3) is 0 Å². The lowest BCUT2D eigenvalue weighted by Crippen LogP contribution is -2.34. The minimum Gasteiger partial charge on any atom is -0.464 e. The maximum atomic E-state index is 11.9. The molecule has 0 fully saturated rings. The molecule has 1 unspecified atom stereocenters. The predicted molar refractivity (Wildman–Crippen MR) is 46.8 cm³/mol. The lowest BCUT2D eigenvalue weighted by atomic mass is 10.3. The first-order valence-corrected chi connectivity index (χ1v) is 5.72. The largest absolute Gasteiger partial charge is 0.523 e. The van der Waals surface area contributed by atoms with Crippen LogP contribution in [0, 0.1) is 0 Å². The van der Waals surface area contributed by atoms with E-state index in [1.54, 1.807) is 0 Å². The number of esters is 1. The molecule has 0 aromatic carbocycles. The van der Waals surface area contributed by atoms with Crippen molar-refractivity contribution in [3.8, 4) is 0 Å². The summed E-state index contributed by atoms with van der Waals surface area (Å²) in [5.41, 5.74) is -5.55. The minimum absolute atomic E-state index is 0.0786. The molecule has 0 spiro atoms. The molecule has 96 valence electrons. The third kappa shape index (κ3) is 3.97. The minimum atomic E-state index is -5.77. The number of hydrogen-bond acceptors (Lipinski definition) is 5. The molecule has 0 saturated carbocycles. The van der Waals surface area contributed by atoms with Crippen molar-refractivity contribution in [1.29, 1.82) is 0 Å². The molecule has 0 aromatic rings. The van der Waals surface area contributed by atoms with Crippen LogP contribution in [-0.2, 0) is 23.8 Å². The van der Waals surface area contributed by atoms with E-state index in [2.05, 4.69) is 8.92 Å². The molecule has 0 heterocycles. The van der Waals surface area contributed by atoms with Crippen molar-refractivity contribution in [3.63, 3.8) is 0 Å². The van der Waals surface area contributed by atoms with E-state index in [0.717, 1.165) is 0 Å². The molecule has 0 aliphatic rings.